The van der Waals surface area contributed by atoms with Gasteiger partial charge in [0.2, 0.25) is 5.91 Å². The molecule has 1 N–H and O–H groups in total. The van der Waals surface area contributed by atoms with E-state index in [1.54, 1.807) is 6.92 Å². The van der Waals surface area contributed by atoms with Crippen molar-refractivity contribution in [3.8, 4) is 0 Å². The van der Waals surface area contributed by atoms with E-state index in [-0.39, 0.29) is 11.9 Å². The molecule has 2 unspecified atom stereocenters. The lowest BCUT2D eigenvalue weighted by molar-refractivity contribution is -0.119. The minimum absolute atomic E-state index is 0.0645. The molecule has 2 atom stereocenters. The Kier molecular flexibility index (Phi) is 2.28. The summed E-state index contributed by atoms with van der Waals surface area (Å²) in [6.45, 7) is 3.75. The highest BCUT2D eigenvalue weighted by molar-refractivity contribution is 5.73. The van der Waals surface area contributed by atoms with Crippen LogP contribution in [0.5, 0.6) is 0 Å². The highest BCUT2D eigenvalue weighted by Gasteiger charge is 2.28. The Morgan fingerprint density at radius 1 is 1.43 bits per heavy atom. The first-order valence-electron chi connectivity index (χ1n) is 5.03. The molecule has 0 spiro atoms. The summed E-state index contributed by atoms with van der Waals surface area (Å²) < 4.78 is 0. The molecule has 1 aromatic rings. The van der Waals surface area contributed by atoms with Crippen molar-refractivity contribution in [1.82, 2.24) is 5.32 Å². The van der Waals surface area contributed by atoms with Crippen molar-refractivity contribution in [2.75, 3.05) is 0 Å². The average molecular weight is 189 g/mol. The van der Waals surface area contributed by atoms with Gasteiger partial charge in [0.05, 0.1) is 0 Å². The Hall–Kier alpha value is -1.31. The summed E-state index contributed by atoms with van der Waals surface area (Å²) in [5.74, 6) is 0.504. The number of carbonyl (C=O) groups is 1. The molecule has 1 aromatic carbocycles. The van der Waals surface area contributed by atoms with Crippen LogP contribution in [-0.4, -0.2) is 11.9 Å². The number of carbonyl (C=O) groups excluding carboxylic acids is 1. The first-order chi connectivity index (χ1) is 6.68. The zero-order valence-electron chi connectivity index (χ0n) is 8.58. The third kappa shape index (κ3) is 1.52. The van der Waals surface area contributed by atoms with E-state index in [1.165, 1.54) is 11.1 Å². The van der Waals surface area contributed by atoms with Gasteiger partial charge in [-0.1, -0.05) is 31.2 Å². The van der Waals surface area contributed by atoms with Crippen LogP contribution in [-0.2, 0) is 11.2 Å². The molecule has 2 nitrogen and oxygen atoms in total. The van der Waals surface area contributed by atoms with E-state index in [0.717, 1.165) is 6.42 Å². The molecule has 1 aliphatic rings. The van der Waals surface area contributed by atoms with Gasteiger partial charge in [-0.3, -0.25) is 4.79 Å². The molecule has 0 saturated carbocycles. The largest absolute Gasteiger partial charge is 0.353 e. The van der Waals surface area contributed by atoms with Crippen molar-refractivity contribution in [1.29, 1.82) is 0 Å². The van der Waals surface area contributed by atoms with Crippen molar-refractivity contribution in [2.24, 2.45) is 0 Å². The van der Waals surface area contributed by atoms with Crippen molar-refractivity contribution in [2.45, 2.75) is 32.2 Å². The minimum Gasteiger partial charge on any atom is -0.353 e. The maximum absolute atomic E-state index is 11.0. The van der Waals surface area contributed by atoms with Gasteiger partial charge in [0.1, 0.15) is 0 Å². The first-order valence-corrected chi connectivity index (χ1v) is 5.03. The fourth-order valence-electron chi connectivity index (χ4n) is 2.23. The van der Waals surface area contributed by atoms with Gasteiger partial charge in [0.15, 0.2) is 0 Å². The fourth-order valence-corrected chi connectivity index (χ4v) is 2.23. The highest BCUT2D eigenvalue weighted by atomic mass is 16.1. The number of nitrogens with one attached hydrogen (secondary N) is 1. The lowest BCUT2D eigenvalue weighted by Crippen LogP contribution is -2.35. The van der Waals surface area contributed by atoms with Crippen molar-refractivity contribution in [3.63, 3.8) is 0 Å². The average Bonchev–Trinajstić information content (AvgIpc) is 2.44. The van der Waals surface area contributed by atoms with Crippen LogP contribution in [0, 0.1) is 0 Å². The van der Waals surface area contributed by atoms with E-state index in [1.807, 2.05) is 0 Å². The Bertz CT molecular complexity index is 359. The lowest BCUT2D eigenvalue weighted by atomic mass is 10.0. The molecule has 0 aromatic heterocycles. The van der Waals surface area contributed by atoms with Crippen molar-refractivity contribution in [3.05, 3.63) is 35.4 Å². The number of rotatable bonds is 1. The van der Waals surface area contributed by atoms with E-state index < -0.39 is 0 Å². The smallest absolute Gasteiger partial charge is 0.217 e. The van der Waals surface area contributed by atoms with E-state index in [2.05, 4.69) is 36.5 Å². The summed E-state index contributed by atoms with van der Waals surface area (Å²) in [5.41, 5.74) is 2.75. The molecule has 0 saturated heterocycles. The summed E-state index contributed by atoms with van der Waals surface area (Å²) >= 11 is 0. The molecule has 14 heavy (non-hydrogen) atoms. The second kappa shape index (κ2) is 3.45. The predicted molar refractivity (Wildman–Crippen MR) is 56.2 cm³/mol. The zero-order chi connectivity index (χ0) is 10.1. The Labute approximate surface area is 84.3 Å². The summed E-state index contributed by atoms with van der Waals surface area (Å²) in [6, 6.07) is 8.70. The number of amides is 1. The fraction of sp³-hybridized carbons (Fsp3) is 0.417. The zero-order valence-corrected chi connectivity index (χ0v) is 8.58. The summed E-state index contributed by atoms with van der Waals surface area (Å²) in [4.78, 5) is 11.0. The van der Waals surface area contributed by atoms with E-state index >= 15 is 0 Å². The van der Waals surface area contributed by atoms with Gasteiger partial charge < -0.3 is 5.32 Å². The molecule has 74 valence electrons. The second-order valence-electron chi connectivity index (χ2n) is 4.00. The molecule has 0 fully saturated rings. The van der Waals surface area contributed by atoms with Crippen LogP contribution in [0.2, 0.25) is 0 Å². The summed E-state index contributed by atoms with van der Waals surface area (Å²) in [5, 5.41) is 3.00. The lowest BCUT2D eigenvalue weighted by Gasteiger charge is -2.16. The topological polar surface area (TPSA) is 29.1 Å². The molecule has 0 aliphatic heterocycles. The monoisotopic (exact) mass is 189 g/mol. The predicted octanol–water partition coefficient (Wildman–Crippen LogP) is 1.85. The second-order valence-corrected chi connectivity index (χ2v) is 4.00. The van der Waals surface area contributed by atoms with Gasteiger partial charge in [-0.15, -0.1) is 0 Å². The van der Waals surface area contributed by atoms with Crippen LogP contribution in [0.15, 0.2) is 24.3 Å². The van der Waals surface area contributed by atoms with Gasteiger partial charge in [-0.05, 0) is 17.5 Å². The van der Waals surface area contributed by atoms with E-state index in [0.29, 0.717) is 5.92 Å². The maximum atomic E-state index is 11.0. The first kappa shape index (κ1) is 9.25. The molecule has 2 heteroatoms. The normalized spacial score (nSPS) is 24.4. The molecule has 0 bridgehead atoms. The molecule has 2 rings (SSSR count). The minimum atomic E-state index is 0.0645. The van der Waals surface area contributed by atoms with Crippen LogP contribution in [0.3, 0.4) is 0 Å². The van der Waals surface area contributed by atoms with E-state index in [4.69, 9.17) is 0 Å². The molecule has 0 heterocycles. The van der Waals surface area contributed by atoms with Gasteiger partial charge in [-0.25, -0.2) is 0 Å². The van der Waals surface area contributed by atoms with Gasteiger partial charge in [0, 0.05) is 18.9 Å². The van der Waals surface area contributed by atoms with E-state index in [9.17, 15) is 4.79 Å². The third-order valence-electron chi connectivity index (χ3n) is 2.98. The number of hydrogen-bond acceptors (Lipinski definition) is 1. The summed E-state index contributed by atoms with van der Waals surface area (Å²) in [7, 11) is 0. The standard InChI is InChI=1S/C12H15NO/c1-8-11-6-4-3-5-10(11)7-12(8)13-9(2)14/h3-6,8,12H,7H2,1-2H3,(H,13,14). The molecule has 1 amide bonds. The highest BCUT2D eigenvalue weighted by Crippen LogP contribution is 2.32. The SMILES string of the molecule is CC(=O)NC1Cc2ccccc2C1C. The van der Waals surface area contributed by atoms with Gasteiger partial charge in [0.25, 0.3) is 0 Å². The Morgan fingerprint density at radius 2 is 2.14 bits per heavy atom. The van der Waals surface area contributed by atoms with Gasteiger partial charge in [-0.2, -0.15) is 0 Å². The van der Waals surface area contributed by atoms with Crippen molar-refractivity contribution < 1.29 is 4.79 Å². The molecular formula is C12H15NO. The van der Waals surface area contributed by atoms with Crippen LogP contribution >= 0.6 is 0 Å². The molecule has 1 aliphatic carbocycles. The number of hydrogen-bond donors (Lipinski definition) is 1. The van der Waals surface area contributed by atoms with Crippen LogP contribution in [0.25, 0.3) is 0 Å². The summed E-state index contributed by atoms with van der Waals surface area (Å²) in [6.07, 6.45) is 0.969. The number of fused-ring (bicyclic) bond motifs is 1. The van der Waals surface area contributed by atoms with Crippen LogP contribution in [0.1, 0.15) is 30.9 Å². The van der Waals surface area contributed by atoms with Gasteiger partial charge >= 0.3 is 0 Å². The number of benzene rings is 1. The molecular weight excluding hydrogens is 174 g/mol. The maximum Gasteiger partial charge on any atom is 0.217 e. The Morgan fingerprint density at radius 3 is 2.79 bits per heavy atom. The van der Waals surface area contributed by atoms with Crippen LogP contribution in [0.4, 0.5) is 0 Å². The Balaban J connectivity index is 2.21. The quantitative estimate of drug-likeness (QED) is 0.717. The molecule has 0 radical (unpaired) electrons. The van der Waals surface area contributed by atoms with Crippen molar-refractivity contribution >= 4 is 5.91 Å². The van der Waals surface area contributed by atoms with Crippen LogP contribution < -0.4 is 5.32 Å². The third-order valence-corrected chi connectivity index (χ3v) is 2.98.